The van der Waals surface area contributed by atoms with Gasteiger partial charge in [-0.3, -0.25) is 4.79 Å². The monoisotopic (exact) mass is 434 g/mol. The van der Waals surface area contributed by atoms with Gasteiger partial charge in [-0.2, -0.15) is 0 Å². The molecule has 0 radical (unpaired) electrons. The molecule has 1 saturated carbocycles. The van der Waals surface area contributed by atoms with Crippen LogP contribution in [0.2, 0.25) is 0 Å². The summed E-state index contributed by atoms with van der Waals surface area (Å²) in [6.07, 6.45) is 10.2. The van der Waals surface area contributed by atoms with E-state index >= 15 is 0 Å². The van der Waals surface area contributed by atoms with Gasteiger partial charge in [-0.25, -0.2) is 0 Å². The fourth-order valence-corrected chi connectivity index (χ4v) is 6.00. The number of hydrogen-bond acceptors (Lipinski definition) is 1. The van der Waals surface area contributed by atoms with Crippen molar-refractivity contribution in [1.82, 2.24) is 4.98 Å². The molecule has 6 rings (SSSR count). The second kappa shape index (κ2) is 8.55. The molecule has 1 fully saturated rings. The van der Waals surface area contributed by atoms with E-state index < -0.39 is 0 Å². The first-order valence-corrected chi connectivity index (χ1v) is 12.4. The molecule has 3 nitrogen and oxygen atoms in total. The van der Waals surface area contributed by atoms with Gasteiger partial charge in [0.15, 0.2) is 0 Å². The Morgan fingerprint density at radius 3 is 2.42 bits per heavy atom. The Balaban J connectivity index is 1.46. The van der Waals surface area contributed by atoms with Crippen LogP contribution in [0.25, 0.3) is 22.0 Å². The van der Waals surface area contributed by atoms with Crippen LogP contribution in [0.1, 0.15) is 62.1 Å². The molecular weight excluding hydrogens is 404 g/mol. The number of para-hydroxylation sites is 2. The number of nitrogens with one attached hydrogen (secondary N) is 1. The number of aromatic nitrogens is 1. The minimum Gasteiger partial charge on any atom is -0.361 e. The molecule has 4 aromatic rings. The van der Waals surface area contributed by atoms with Crippen molar-refractivity contribution in [3.63, 3.8) is 0 Å². The highest BCUT2D eigenvalue weighted by molar-refractivity contribution is 6.03. The Morgan fingerprint density at radius 2 is 1.55 bits per heavy atom. The van der Waals surface area contributed by atoms with Gasteiger partial charge in [0.2, 0.25) is 5.91 Å². The van der Waals surface area contributed by atoms with E-state index in [0.717, 1.165) is 23.2 Å². The average Bonchev–Trinajstić information content (AvgIpc) is 3.31. The smallest absolute Gasteiger partial charge is 0.227 e. The van der Waals surface area contributed by atoms with Gasteiger partial charge in [0, 0.05) is 34.6 Å². The molecule has 1 aliphatic carbocycles. The lowest BCUT2D eigenvalue weighted by molar-refractivity contribution is -0.119. The zero-order valence-corrected chi connectivity index (χ0v) is 19.0. The third kappa shape index (κ3) is 3.56. The Morgan fingerprint density at radius 1 is 0.818 bits per heavy atom. The summed E-state index contributed by atoms with van der Waals surface area (Å²) >= 11 is 0. The Kier molecular flexibility index (Phi) is 5.26. The number of carbonyl (C=O) groups is 1. The molecule has 0 spiro atoms. The summed E-state index contributed by atoms with van der Waals surface area (Å²) in [4.78, 5) is 19.5. The minimum absolute atomic E-state index is 0.133. The van der Waals surface area contributed by atoms with Crippen LogP contribution in [0.4, 0.5) is 5.69 Å². The summed E-state index contributed by atoms with van der Waals surface area (Å²) in [5, 5.41) is 1.18. The SMILES string of the molecule is O=C(CCC1CCCCC1)N1c2ccccc2-c2ccccc2C1c1c[nH]c2ccccc12. The highest BCUT2D eigenvalue weighted by Crippen LogP contribution is 2.48. The average molecular weight is 435 g/mol. The number of anilines is 1. The van der Waals surface area contributed by atoms with Crippen LogP contribution in [0, 0.1) is 5.92 Å². The first kappa shape index (κ1) is 20.3. The van der Waals surface area contributed by atoms with Crippen LogP contribution >= 0.6 is 0 Å². The summed E-state index contributed by atoms with van der Waals surface area (Å²) < 4.78 is 0. The van der Waals surface area contributed by atoms with Gasteiger partial charge in [0.05, 0.1) is 11.7 Å². The molecule has 1 amide bonds. The van der Waals surface area contributed by atoms with Gasteiger partial charge in [-0.15, -0.1) is 0 Å². The predicted molar refractivity (Wildman–Crippen MR) is 135 cm³/mol. The number of fused-ring (bicyclic) bond motifs is 4. The number of H-pyrrole nitrogens is 1. The maximum absolute atomic E-state index is 14.0. The molecule has 166 valence electrons. The molecule has 0 saturated heterocycles. The zero-order chi connectivity index (χ0) is 22.2. The second-order valence-corrected chi connectivity index (χ2v) is 9.60. The van der Waals surface area contributed by atoms with Crippen molar-refractivity contribution in [2.45, 2.75) is 51.0 Å². The summed E-state index contributed by atoms with van der Waals surface area (Å²) in [7, 11) is 0. The first-order valence-electron chi connectivity index (χ1n) is 12.4. The van der Waals surface area contributed by atoms with E-state index in [4.69, 9.17) is 0 Å². The predicted octanol–water partition coefficient (Wildman–Crippen LogP) is 7.63. The van der Waals surface area contributed by atoms with Crippen molar-refractivity contribution in [2.75, 3.05) is 4.90 Å². The normalized spacial score (nSPS) is 18.2. The molecule has 2 aliphatic rings. The van der Waals surface area contributed by atoms with E-state index in [-0.39, 0.29) is 11.9 Å². The van der Waals surface area contributed by atoms with Gasteiger partial charge in [0.25, 0.3) is 0 Å². The number of benzene rings is 3. The molecule has 3 heteroatoms. The lowest BCUT2D eigenvalue weighted by Crippen LogP contribution is -2.38. The molecule has 2 heterocycles. The van der Waals surface area contributed by atoms with Crippen molar-refractivity contribution < 1.29 is 4.79 Å². The lowest BCUT2D eigenvalue weighted by atomic mass is 9.83. The summed E-state index contributed by atoms with van der Waals surface area (Å²) in [6, 6.07) is 25.3. The standard InChI is InChI=1S/C30H30N2O/c33-29(19-18-21-10-2-1-3-11-21)32-28-17-9-7-14-24(28)22-12-4-5-15-25(22)30(32)26-20-31-27-16-8-6-13-23(26)27/h4-9,12-17,20-21,30-31H,1-3,10-11,18-19H2. The molecule has 0 bridgehead atoms. The van der Waals surface area contributed by atoms with Crippen molar-refractivity contribution in [2.24, 2.45) is 5.92 Å². The van der Waals surface area contributed by atoms with Crippen LogP contribution < -0.4 is 4.90 Å². The molecule has 3 aromatic carbocycles. The maximum atomic E-state index is 14.0. The number of aromatic amines is 1. The van der Waals surface area contributed by atoms with Crippen molar-refractivity contribution >= 4 is 22.5 Å². The Hall–Kier alpha value is -3.33. The van der Waals surface area contributed by atoms with E-state index in [1.807, 2.05) is 0 Å². The quantitative estimate of drug-likeness (QED) is 0.352. The van der Waals surface area contributed by atoms with Crippen LogP contribution in [-0.2, 0) is 4.79 Å². The van der Waals surface area contributed by atoms with E-state index in [2.05, 4.69) is 88.9 Å². The van der Waals surface area contributed by atoms with Crippen molar-refractivity contribution in [3.8, 4) is 11.1 Å². The number of amides is 1. The van der Waals surface area contributed by atoms with Gasteiger partial charge < -0.3 is 9.88 Å². The van der Waals surface area contributed by atoms with Crippen LogP contribution in [0.3, 0.4) is 0 Å². The van der Waals surface area contributed by atoms with E-state index in [1.54, 1.807) is 0 Å². The Bertz CT molecular complexity index is 1300. The highest BCUT2D eigenvalue weighted by atomic mass is 16.2. The molecule has 33 heavy (non-hydrogen) atoms. The van der Waals surface area contributed by atoms with Crippen LogP contribution in [-0.4, -0.2) is 10.9 Å². The third-order valence-corrected chi connectivity index (χ3v) is 7.64. The molecule has 1 aromatic heterocycles. The summed E-state index contributed by atoms with van der Waals surface area (Å²) in [6.45, 7) is 0. The molecule has 1 N–H and O–H groups in total. The minimum atomic E-state index is -0.133. The van der Waals surface area contributed by atoms with E-state index in [0.29, 0.717) is 12.3 Å². The lowest BCUT2D eigenvalue weighted by Gasteiger charge is -2.39. The second-order valence-electron chi connectivity index (χ2n) is 9.60. The largest absolute Gasteiger partial charge is 0.361 e. The van der Waals surface area contributed by atoms with Crippen LogP contribution in [0.15, 0.2) is 79.0 Å². The van der Waals surface area contributed by atoms with Crippen molar-refractivity contribution in [3.05, 3.63) is 90.1 Å². The fourth-order valence-electron chi connectivity index (χ4n) is 6.00. The zero-order valence-electron chi connectivity index (χ0n) is 19.0. The molecule has 1 unspecified atom stereocenters. The third-order valence-electron chi connectivity index (χ3n) is 7.64. The van der Waals surface area contributed by atoms with Gasteiger partial charge in [-0.05, 0) is 35.6 Å². The number of carbonyl (C=O) groups excluding carboxylic acids is 1. The number of hydrogen-bond donors (Lipinski definition) is 1. The summed E-state index contributed by atoms with van der Waals surface area (Å²) in [5.74, 6) is 0.930. The van der Waals surface area contributed by atoms with Gasteiger partial charge in [-0.1, -0.05) is 92.8 Å². The van der Waals surface area contributed by atoms with E-state index in [1.165, 1.54) is 54.2 Å². The van der Waals surface area contributed by atoms with Crippen molar-refractivity contribution in [1.29, 1.82) is 0 Å². The fraction of sp³-hybridized carbons (Fsp3) is 0.300. The molecular formula is C30H30N2O. The topological polar surface area (TPSA) is 36.1 Å². The Labute approximate surface area is 195 Å². The maximum Gasteiger partial charge on any atom is 0.227 e. The van der Waals surface area contributed by atoms with E-state index in [9.17, 15) is 4.79 Å². The van der Waals surface area contributed by atoms with Gasteiger partial charge >= 0.3 is 0 Å². The molecule has 1 aliphatic heterocycles. The first-order chi connectivity index (χ1) is 16.3. The summed E-state index contributed by atoms with van der Waals surface area (Å²) in [5.41, 5.74) is 6.87. The van der Waals surface area contributed by atoms with Crippen LogP contribution in [0.5, 0.6) is 0 Å². The highest BCUT2D eigenvalue weighted by Gasteiger charge is 2.36. The number of nitrogens with zero attached hydrogens (tertiary/aromatic N) is 1. The molecule has 1 atom stereocenters. The van der Waals surface area contributed by atoms with Gasteiger partial charge in [0.1, 0.15) is 0 Å². The number of rotatable bonds is 4.